The molecule has 0 radical (unpaired) electrons. The molecule has 0 bridgehead atoms. The lowest BCUT2D eigenvalue weighted by Crippen LogP contribution is -1.92. The van der Waals surface area contributed by atoms with Gasteiger partial charge < -0.3 is 14.9 Å². The van der Waals surface area contributed by atoms with E-state index in [9.17, 15) is 0 Å². The van der Waals surface area contributed by atoms with Gasteiger partial charge in [-0.05, 0) is 19.1 Å². The summed E-state index contributed by atoms with van der Waals surface area (Å²) < 4.78 is 10.8. The zero-order valence-electron chi connectivity index (χ0n) is 10.8. The number of benzene rings is 1. The molecular weight excluding hydrogens is 240 g/mol. The second-order valence-corrected chi connectivity index (χ2v) is 4.38. The summed E-state index contributed by atoms with van der Waals surface area (Å²) in [5, 5.41) is 0.829. The summed E-state index contributed by atoms with van der Waals surface area (Å²) in [4.78, 5) is 4.35. The first-order valence-electron chi connectivity index (χ1n) is 5.98. The number of ether oxygens (including phenoxy) is 1. The summed E-state index contributed by atoms with van der Waals surface area (Å²) in [6.45, 7) is 1.93. The Morgan fingerprint density at radius 3 is 2.79 bits per heavy atom. The highest BCUT2D eigenvalue weighted by Crippen LogP contribution is 2.37. The van der Waals surface area contributed by atoms with E-state index in [-0.39, 0.29) is 0 Å². The average molecular weight is 254 g/mol. The highest BCUT2D eigenvalue weighted by atomic mass is 16.5. The van der Waals surface area contributed by atoms with Crippen LogP contribution in [-0.2, 0) is 0 Å². The first-order valence-corrected chi connectivity index (χ1v) is 5.98. The van der Waals surface area contributed by atoms with Crippen LogP contribution >= 0.6 is 0 Å². The van der Waals surface area contributed by atoms with Gasteiger partial charge in [-0.25, -0.2) is 4.98 Å². The van der Waals surface area contributed by atoms with E-state index >= 15 is 0 Å². The van der Waals surface area contributed by atoms with Gasteiger partial charge in [-0.2, -0.15) is 0 Å². The van der Waals surface area contributed by atoms with E-state index in [0.29, 0.717) is 11.4 Å². The lowest BCUT2D eigenvalue weighted by molar-refractivity contribution is 0.416. The quantitative estimate of drug-likeness (QED) is 0.761. The molecule has 4 nitrogen and oxygen atoms in total. The number of methoxy groups -OCH3 is 1. The smallest absolute Gasteiger partial charge is 0.228 e. The number of hydrogen-bond acceptors (Lipinski definition) is 4. The molecule has 0 saturated heterocycles. The molecule has 19 heavy (non-hydrogen) atoms. The molecule has 96 valence electrons. The molecular formula is C15H14N2O2. The highest BCUT2D eigenvalue weighted by molar-refractivity contribution is 6.01. The van der Waals surface area contributed by atoms with Crippen molar-refractivity contribution in [3.63, 3.8) is 0 Å². The Labute approximate surface area is 110 Å². The lowest BCUT2D eigenvalue weighted by Gasteiger charge is -2.10. The van der Waals surface area contributed by atoms with Gasteiger partial charge in [-0.3, -0.25) is 0 Å². The van der Waals surface area contributed by atoms with E-state index < -0.39 is 0 Å². The van der Waals surface area contributed by atoms with E-state index in [1.165, 1.54) is 6.26 Å². The summed E-state index contributed by atoms with van der Waals surface area (Å²) in [6.07, 6.45) is 1.52. The van der Waals surface area contributed by atoms with Crippen LogP contribution in [0.2, 0.25) is 0 Å². The van der Waals surface area contributed by atoms with Crippen LogP contribution < -0.4 is 10.5 Å². The number of aromatic nitrogens is 1. The summed E-state index contributed by atoms with van der Waals surface area (Å²) in [6, 6.07) is 9.82. The van der Waals surface area contributed by atoms with Gasteiger partial charge >= 0.3 is 0 Å². The molecule has 0 saturated carbocycles. The van der Waals surface area contributed by atoms with Crippen molar-refractivity contribution in [2.45, 2.75) is 6.92 Å². The van der Waals surface area contributed by atoms with Crippen molar-refractivity contribution >= 4 is 16.8 Å². The third-order valence-electron chi connectivity index (χ3n) is 3.10. The Balaban J connectivity index is 2.38. The second kappa shape index (κ2) is 4.31. The zero-order valence-corrected chi connectivity index (χ0v) is 10.8. The molecule has 3 aromatic rings. The average Bonchev–Trinajstić information content (AvgIpc) is 2.79. The van der Waals surface area contributed by atoms with Gasteiger partial charge in [0.25, 0.3) is 0 Å². The van der Waals surface area contributed by atoms with Gasteiger partial charge in [0.15, 0.2) is 0 Å². The standard InChI is InChI=1S/C15H14N2O2/c1-9-7-11(10-5-3-4-6-13(10)18-2)14-12(16)8-19-15(14)17-9/h3-8H,16H2,1-2H3. The summed E-state index contributed by atoms with van der Waals surface area (Å²) in [5.74, 6) is 0.801. The van der Waals surface area contributed by atoms with Gasteiger partial charge in [-0.1, -0.05) is 18.2 Å². The fraction of sp³-hybridized carbons (Fsp3) is 0.133. The molecule has 0 amide bonds. The molecule has 4 heteroatoms. The van der Waals surface area contributed by atoms with Crippen LogP contribution in [0.3, 0.4) is 0 Å². The minimum Gasteiger partial charge on any atom is -0.496 e. The van der Waals surface area contributed by atoms with Crippen LogP contribution in [0.15, 0.2) is 41.0 Å². The molecule has 1 aromatic carbocycles. The number of nitrogens with two attached hydrogens (primary N) is 1. The minimum atomic E-state index is 0.554. The fourth-order valence-electron chi connectivity index (χ4n) is 2.27. The van der Waals surface area contributed by atoms with Crippen LogP contribution in [0.5, 0.6) is 5.75 Å². The normalized spacial score (nSPS) is 10.8. The van der Waals surface area contributed by atoms with Crippen LogP contribution in [0.25, 0.3) is 22.2 Å². The molecule has 0 fully saturated rings. The number of nitrogens with zero attached hydrogens (tertiary/aromatic N) is 1. The first kappa shape index (κ1) is 11.6. The van der Waals surface area contributed by atoms with E-state index in [4.69, 9.17) is 14.9 Å². The van der Waals surface area contributed by atoms with Crippen molar-refractivity contribution in [3.8, 4) is 16.9 Å². The molecule has 0 aliphatic heterocycles. The van der Waals surface area contributed by atoms with Crippen molar-refractivity contribution in [2.75, 3.05) is 12.8 Å². The topological polar surface area (TPSA) is 61.3 Å². The maximum atomic E-state index is 5.98. The maximum absolute atomic E-state index is 5.98. The number of pyridine rings is 1. The minimum absolute atomic E-state index is 0.554. The predicted molar refractivity (Wildman–Crippen MR) is 75.1 cm³/mol. The zero-order chi connectivity index (χ0) is 13.4. The van der Waals surface area contributed by atoms with Gasteiger partial charge in [0, 0.05) is 16.8 Å². The molecule has 2 aromatic heterocycles. The van der Waals surface area contributed by atoms with Gasteiger partial charge in [0.1, 0.15) is 12.0 Å². The third-order valence-corrected chi connectivity index (χ3v) is 3.10. The third kappa shape index (κ3) is 1.81. The predicted octanol–water partition coefficient (Wildman–Crippen LogP) is 3.39. The Hall–Kier alpha value is -2.49. The number of hydrogen-bond donors (Lipinski definition) is 1. The number of rotatable bonds is 2. The van der Waals surface area contributed by atoms with Crippen LogP contribution in [0.4, 0.5) is 5.69 Å². The van der Waals surface area contributed by atoms with Gasteiger partial charge in [0.2, 0.25) is 5.71 Å². The van der Waals surface area contributed by atoms with E-state index in [0.717, 1.165) is 28.0 Å². The summed E-state index contributed by atoms with van der Waals surface area (Å²) in [7, 11) is 1.66. The van der Waals surface area contributed by atoms with Crippen molar-refractivity contribution in [1.82, 2.24) is 4.98 Å². The number of anilines is 1. The molecule has 0 atom stereocenters. The number of fused-ring (bicyclic) bond motifs is 1. The van der Waals surface area contributed by atoms with Crippen LogP contribution in [-0.4, -0.2) is 12.1 Å². The van der Waals surface area contributed by atoms with E-state index in [2.05, 4.69) is 4.98 Å². The maximum Gasteiger partial charge on any atom is 0.228 e. The molecule has 2 heterocycles. The number of nitrogen functional groups attached to an aromatic ring is 1. The Morgan fingerprint density at radius 1 is 1.21 bits per heavy atom. The fourth-order valence-corrected chi connectivity index (χ4v) is 2.27. The Morgan fingerprint density at radius 2 is 2.00 bits per heavy atom. The summed E-state index contributed by atoms with van der Waals surface area (Å²) in [5.41, 5.74) is 9.96. The largest absolute Gasteiger partial charge is 0.496 e. The van der Waals surface area contributed by atoms with Gasteiger partial charge in [0.05, 0.1) is 18.2 Å². The van der Waals surface area contributed by atoms with Crippen molar-refractivity contribution in [3.05, 3.63) is 42.3 Å². The number of para-hydroxylation sites is 1. The van der Waals surface area contributed by atoms with Crippen LogP contribution in [0.1, 0.15) is 5.69 Å². The molecule has 0 unspecified atom stereocenters. The molecule has 2 N–H and O–H groups in total. The van der Waals surface area contributed by atoms with Crippen LogP contribution in [0, 0.1) is 6.92 Å². The van der Waals surface area contributed by atoms with Gasteiger partial charge in [-0.15, -0.1) is 0 Å². The van der Waals surface area contributed by atoms with E-state index in [1.807, 2.05) is 37.3 Å². The summed E-state index contributed by atoms with van der Waals surface area (Å²) >= 11 is 0. The highest BCUT2D eigenvalue weighted by Gasteiger charge is 2.15. The molecule has 0 spiro atoms. The van der Waals surface area contributed by atoms with E-state index in [1.54, 1.807) is 7.11 Å². The molecule has 3 rings (SSSR count). The van der Waals surface area contributed by atoms with Crippen molar-refractivity contribution in [2.24, 2.45) is 0 Å². The van der Waals surface area contributed by atoms with Crippen molar-refractivity contribution < 1.29 is 9.15 Å². The second-order valence-electron chi connectivity index (χ2n) is 4.38. The number of aryl methyl sites for hydroxylation is 1. The number of furan rings is 1. The first-order chi connectivity index (χ1) is 9.20. The Kier molecular flexibility index (Phi) is 2.63. The monoisotopic (exact) mass is 254 g/mol. The SMILES string of the molecule is COc1ccccc1-c1cc(C)nc2occ(N)c12. The molecule has 0 aliphatic rings. The van der Waals surface area contributed by atoms with Crippen molar-refractivity contribution in [1.29, 1.82) is 0 Å². The molecule has 0 aliphatic carbocycles. The Bertz CT molecular complexity index is 747. The lowest BCUT2D eigenvalue weighted by atomic mass is 10.0.